The Morgan fingerprint density at radius 1 is 1.06 bits per heavy atom. The van der Waals surface area contributed by atoms with E-state index in [1.165, 1.54) is 28.2 Å². The number of rotatable bonds is 7. The molecule has 0 aliphatic carbocycles. The number of carbonyl (C=O) groups is 1. The van der Waals surface area contributed by atoms with E-state index in [1.807, 2.05) is 0 Å². The van der Waals surface area contributed by atoms with Gasteiger partial charge in [0.15, 0.2) is 5.82 Å². The Morgan fingerprint density at radius 3 is 2.35 bits per heavy atom. The van der Waals surface area contributed by atoms with Crippen LogP contribution in [0.3, 0.4) is 0 Å². The van der Waals surface area contributed by atoms with Crippen molar-refractivity contribution in [3.05, 3.63) is 48.3 Å². The van der Waals surface area contributed by atoms with Gasteiger partial charge in [0, 0.05) is 24.7 Å². The third kappa shape index (κ3) is 4.73. The Hall–Kier alpha value is -3.51. The Bertz CT molecular complexity index is 1270. The molecule has 1 fully saturated rings. The highest BCUT2D eigenvalue weighted by molar-refractivity contribution is 7.89. The summed E-state index contributed by atoms with van der Waals surface area (Å²) in [5.74, 6) is 1.26. The van der Waals surface area contributed by atoms with Gasteiger partial charge in [0.1, 0.15) is 17.2 Å². The fourth-order valence-electron chi connectivity index (χ4n) is 3.89. The molecule has 1 amide bonds. The molecule has 0 radical (unpaired) electrons. The number of piperidine rings is 1. The van der Waals surface area contributed by atoms with Crippen molar-refractivity contribution in [3.8, 4) is 17.2 Å². The number of aromatic nitrogens is 4. The number of hydrogen-bond acceptors (Lipinski definition) is 8. The van der Waals surface area contributed by atoms with Crippen LogP contribution in [-0.2, 0) is 14.8 Å². The maximum atomic E-state index is 12.9. The third-order valence-electron chi connectivity index (χ3n) is 5.82. The van der Waals surface area contributed by atoms with Gasteiger partial charge in [-0.05, 0) is 72.7 Å². The Labute approximate surface area is 197 Å². The van der Waals surface area contributed by atoms with Crippen molar-refractivity contribution in [2.75, 3.05) is 32.6 Å². The van der Waals surface area contributed by atoms with Crippen LogP contribution in [0.1, 0.15) is 18.7 Å². The van der Waals surface area contributed by atoms with Crippen LogP contribution in [0, 0.1) is 12.8 Å². The molecule has 4 rings (SSSR count). The zero-order chi connectivity index (χ0) is 24.3. The summed E-state index contributed by atoms with van der Waals surface area (Å²) in [7, 11) is -0.554. The van der Waals surface area contributed by atoms with E-state index in [1.54, 1.807) is 44.4 Å². The van der Waals surface area contributed by atoms with Gasteiger partial charge in [-0.25, -0.2) is 8.42 Å². The van der Waals surface area contributed by atoms with E-state index in [0.29, 0.717) is 41.5 Å². The lowest BCUT2D eigenvalue weighted by Crippen LogP contribution is -2.41. The van der Waals surface area contributed by atoms with Gasteiger partial charge in [-0.1, -0.05) is 0 Å². The quantitative estimate of drug-likeness (QED) is 0.537. The first-order valence-corrected chi connectivity index (χ1v) is 12.2. The van der Waals surface area contributed by atoms with Crippen LogP contribution in [-0.4, -0.2) is 66.1 Å². The molecular weight excluding hydrogens is 460 g/mol. The minimum Gasteiger partial charge on any atom is -0.497 e. The Balaban J connectivity index is 1.41. The average Bonchev–Trinajstić information content (AvgIpc) is 3.29. The van der Waals surface area contributed by atoms with Gasteiger partial charge in [-0.2, -0.15) is 8.99 Å². The van der Waals surface area contributed by atoms with Crippen molar-refractivity contribution in [1.29, 1.82) is 0 Å². The molecule has 0 bridgehead atoms. The number of hydrogen-bond donors (Lipinski definition) is 1. The lowest BCUT2D eigenvalue weighted by Gasteiger charge is -2.30. The van der Waals surface area contributed by atoms with Crippen LogP contribution in [0.2, 0.25) is 0 Å². The zero-order valence-electron chi connectivity index (χ0n) is 19.1. The molecule has 180 valence electrons. The number of tetrazole rings is 1. The fraction of sp³-hybridized carbons (Fsp3) is 0.364. The number of benzene rings is 2. The molecule has 0 spiro atoms. The molecule has 2 heterocycles. The molecule has 1 aromatic heterocycles. The number of ether oxygens (including phenoxy) is 2. The van der Waals surface area contributed by atoms with Crippen molar-refractivity contribution in [2.45, 2.75) is 24.7 Å². The van der Waals surface area contributed by atoms with Gasteiger partial charge in [-0.15, -0.1) is 5.10 Å². The monoisotopic (exact) mass is 486 g/mol. The van der Waals surface area contributed by atoms with Crippen molar-refractivity contribution >= 4 is 21.6 Å². The zero-order valence-corrected chi connectivity index (χ0v) is 19.9. The average molecular weight is 487 g/mol. The maximum absolute atomic E-state index is 12.9. The number of nitrogens with one attached hydrogen (secondary N) is 1. The molecule has 2 aromatic carbocycles. The van der Waals surface area contributed by atoms with Crippen molar-refractivity contribution in [3.63, 3.8) is 0 Å². The Kier molecular flexibility index (Phi) is 6.80. The predicted molar refractivity (Wildman–Crippen MR) is 124 cm³/mol. The van der Waals surface area contributed by atoms with Crippen molar-refractivity contribution in [1.82, 2.24) is 24.5 Å². The molecule has 0 atom stereocenters. The van der Waals surface area contributed by atoms with Gasteiger partial charge < -0.3 is 14.8 Å². The van der Waals surface area contributed by atoms with E-state index in [2.05, 4.69) is 20.8 Å². The number of anilines is 1. The van der Waals surface area contributed by atoms with Crippen LogP contribution >= 0.6 is 0 Å². The van der Waals surface area contributed by atoms with E-state index in [0.717, 1.165) is 0 Å². The molecule has 0 saturated carbocycles. The summed E-state index contributed by atoms with van der Waals surface area (Å²) < 4.78 is 39.3. The molecule has 1 saturated heterocycles. The lowest BCUT2D eigenvalue weighted by atomic mass is 9.97. The van der Waals surface area contributed by atoms with E-state index in [-0.39, 0.29) is 29.8 Å². The first-order chi connectivity index (χ1) is 16.3. The molecule has 1 N–H and O–H groups in total. The van der Waals surface area contributed by atoms with Gasteiger partial charge in [0.05, 0.1) is 19.1 Å². The van der Waals surface area contributed by atoms with E-state index in [4.69, 9.17) is 9.47 Å². The molecule has 34 heavy (non-hydrogen) atoms. The highest BCUT2D eigenvalue weighted by Crippen LogP contribution is 2.29. The van der Waals surface area contributed by atoms with E-state index in [9.17, 15) is 13.2 Å². The van der Waals surface area contributed by atoms with Crippen molar-refractivity contribution < 1.29 is 22.7 Å². The minimum absolute atomic E-state index is 0.161. The predicted octanol–water partition coefficient (Wildman–Crippen LogP) is 2.03. The van der Waals surface area contributed by atoms with Gasteiger partial charge >= 0.3 is 0 Å². The summed E-state index contributed by atoms with van der Waals surface area (Å²) in [5.41, 5.74) is 1.17. The first-order valence-electron chi connectivity index (χ1n) is 10.7. The molecular formula is C22H26N6O5S. The van der Waals surface area contributed by atoms with Crippen LogP contribution < -0.4 is 14.8 Å². The number of aryl methyl sites for hydroxylation is 1. The van der Waals surface area contributed by atoms with Crippen LogP contribution in [0.15, 0.2) is 47.4 Å². The summed E-state index contributed by atoms with van der Waals surface area (Å²) in [6.07, 6.45) is 0.854. The lowest BCUT2D eigenvalue weighted by molar-refractivity contribution is -0.120. The summed E-state index contributed by atoms with van der Waals surface area (Å²) in [6, 6.07) is 11.5. The summed E-state index contributed by atoms with van der Waals surface area (Å²) in [5, 5.41) is 14.4. The fourth-order valence-corrected chi connectivity index (χ4v) is 5.36. The number of methoxy groups -OCH3 is 2. The number of nitrogens with zero attached hydrogens (tertiary/aromatic N) is 5. The summed E-state index contributed by atoms with van der Waals surface area (Å²) >= 11 is 0. The van der Waals surface area contributed by atoms with E-state index < -0.39 is 10.0 Å². The smallest absolute Gasteiger partial charge is 0.243 e. The normalized spacial score (nSPS) is 15.1. The minimum atomic E-state index is -3.63. The van der Waals surface area contributed by atoms with Crippen LogP contribution in [0.25, 0.3) is 5.69 Å². The van der Waals surface area contributed by atoms with Gasteiger partial charge in [0.2, 0.25) is 15.9 Å². The molecule has 11 nitrogen and oxygen atoms in total. The second-order valence-corrected chi connectivity index (χ2v) is 9.81. The van der Waals surface area contributed by atoms with Crippen LogP contribution in [0.4, 0.5) is 5.69 Å². The first kappa shape index (κ1) is 23.6. The highest BCUT2D eigenvalue weighted by atomic mass is 32.2. The molecule has 1 aliphatic heterocycles. The standard InChI is InChI=1S/C22H26N6O5S/c1-15-24-25-26-28(15)20-14-17(4-9-21(20)33-3)23-22(29)16-10-12-27(13-11-16)34(30,31)19-7-5-18(32-2)6-8-19/h4-9,14,16H,10-13H2,1-3H3,(H,23,29). The molecule has 3 aromatic rings. The van der Waals surface area contributed by atoms with Gasteiger partial charge in [0.25, 0.3) is 0 Å². The third-order valence-corrected chi connectivity index (χ3v) is 7.73. The highest BCUT2D eigenvalue weighted by Gasteiger charge is 2.32. The van der Waals surface area contributed by atoms with Crippen molar-refractivity contribution in [2.24, 2.45) is 5.92 Å². The summed E-state index contributed by atoms with van der Waals surface area (Å²) in [4.78, 5) is 13.1. The number of carbonyl (C=O) groups excluding carboxylic acids is 1. The number of amides is 1. The second-order valence-electron chi connectivity index (χ2n) is 7.87. The largest absolute Gasteiger partial charge is 0.497 e. The molecule has 1 aliphatic rings. The maximum Gasteiger partial charge on any atom is 0.243 e. The van der Waals surface area contributed by atoms with Crippen LogP contribution in [0.5, 0.6) is 11.5 Å². The van der Waals surface area contributed by atoms with Gasteiger partial charge in [-0.3, -0.25) is 4.79 Å². The van der Waals surface area contributed by atoms with E-state index >= 15 is 0 Å². The number of sulfonamides is 1. The topological polar surface area (TPSA) is 129 Å². The SMILES string of the molecule is COc1ccc(S(=O)(=O)N2CCC(C(=O)Nc3ccc(OC)c(-n4nnnc4C)c3)CC2)cc1. The Morgan fingerprint density at radius 2 is 1.76 bits per heavy atom. The second kappa shape index (κ2) is 9.77. The summed E-state index contributed by atoms with van der Waals surface area (Å²) in [6.45, 7) is 2.30. The molecule has 0 unspecified atom stereocenters. The molecule has 12 heteroatoms.